The largest absolute Gasteiger partial charge is 0.392 e. The van der Waals surface area contributed by atoms with Crippen molar-refractivity contribution in [3.05, 3.63) is 21.4 Å². The van der Waals surface area contributed by atoms with Gasteiger partial charge in [-0.15, -0.1) is 11.3 Å². The first-order valence-corrected chi connectivity index (χ1v) is 7.62. The molecule has 0 radical (unpaired) electrons. The van der Waals surface area contributed by atoms with Crippen molar-refractivity contribution in [2.24, 2.45) is 11.1 Å². The number of nitrogens with one attached hydrogen (secondary N) is 1. The number of aryl methyl sites for hydroxylation is 2. The van der Waals surface area contributed by atoms with E-state index >= 15 is 0 Å². The summed E-state index contributed by atoms with van der Waals surface area (Å²) in [5, 5.41) is 3.02. The van der Waals surface area contributed by atoms with E-state index in [1.165, 1.54) is 9.75 Å². The van der Waals surface area contributed by atoms with Crippen molar-refractivity contribution < 1.29 is 4.79 Å². The summed E-state index contributed by atoms with van der Waals surface area (Å²) < 4.78 is 0. The Balaban J connectivity index is 2.88. The third-order valence-corrected chi connectivity index (χ3v) is 5.08. The Hall–Kier alpha value is -0.940. The van der Waals surface area contributed by atoms with E-state index in [1.807, 2.05) is 13.8 Å². The van der Waals surface area contributed by atoms with Crippen LogP contribution in [0, 0.1) is 19.3 Å². The average Bonchev–Trinajstić information content (AvgIpc) is 2.66. The molecule has 3 nitrogen and oxygen atoms in total. The van der Waals surface area contributed by atoms with Crippen molar-refractivity contribution in [1.29, 1.82) is 0 Å². The Kier molecular flexibility index (Phi) is 5.10. The van der Waals surface area contributed by atoms with Crippen molar-refractivity contribution in [1.82, 2.24) is 5.32 Å². The lowest BCUT2D eigenvalue weighted by atomic mass is 9.86. The fourth-order valence-electron chi connectivity index (χ4n) is 1.96. The lowest BCUT2D eigenvalue weighted by Crippen LogP contribution is -2.47. The number of thiocarbonyl (C=S) groups is 1. The van der Waals surface area contributed by atoms with Crippen LogP contribution in [-0.4, -0.2) is 10.9 Å². The van der Waals surface area contributed by atoms with E-state index in [2.05, 4.69) is 25.2 Å². The van der Waals surface area contributed by atoms with Gasteiger partial charge in [0.15, 0.2) is 0 Å². The number of hydrogen-bond acceptors (Lipinski definition) is 3. The molecule has 0 aliphatic carbocycles. The Labute approximate surface area is 124 Å². The topological polar surface area (TPSA) is 55.1 Å². The van der Waals surface area contributed by atoms with Crippen molar-refractivity contribution in [3.63, 3.8) is 0 Å². The Bertz CT molecular complexity index is 496. The third-order valence-electron chi connectivity index (χ3n) is 3.65. The van der Waals surface area contributed by atoms with Gasteiger partial charge in [0.2, 0.25) is 5.91 Å². The zero-order valence-electron chi connectivity index (χ0n) is 12.2. The predicted octanol–water partition coefficient (Wildman–Crippen LogP) is 3.24. The fourth-order valence-corrected chi connectivity index (χ4v) is 3.22. The molecule has 0 aliphatic rings. The molecule has 2 atom stereocenters. The molecule has 19 heavy (non-hydrogen) atoms. The molecule has 1 amide bonds. The van der Waals surface area contributed by atoms with E-state index in [4.69, 9.17) is 18.0 Å². The van der Waals surface area contributed by atoms with E-state index < -0.39 is 5.41 Å². The van der Waals surface area contributed by atoms with Crippen LogP contribution in [0.1, 0.15) is 48.6 Å². The van der Waals surface area contributed by atoms with Crippen LogP contribution in [-0.2, 0) is 4.79 Å². The summed E-state index contributed by atoms with van der Waals surface area (Å²) in [6.45, 7) is 9.84. The summed E-state index contributed by atoms with van der Waals surface area (Å²) in [6, 6.07) is 2.09. The number of carbonyl (C=O) groups excluding carboxylic acids is 1. The molecule has 0 aliphatic heterocycles. The average molecular weight is 298 g/mol. The summed E-state index contributed by atoms with van der Waals surface area (Å²) in [4.78, 5) is 15.1. The van der Waals surface area contributed by atoms with Gasteiger partial charge in [-0.2, -0.15) is 0 Å². The lowest BCUT2D eigenvalue weighted by Gasteiger charge is -2.27. The lowest BCUT2D eigenvalue weighted by molar-refractivity contribution is -0.127. The molecular formula is C14H22N2OS2. The van der Waals surface area contributed by atoms with Gasteiger partial charge in [0.05, 0.1) is 16.4 Å². The normalized spacial score (nSPS) is 15.6. The van der Waals surface area contributed by atoms with E-state index in [-0.39, 0.29) is 16.9 Å². The van der Waals surface area contributed by atoms with Crippen LogP contribution in [0.15, 0.2) is 6.07 Å². The van der Waals surface area contributed by atoms with E-state index in [9.17, 15) is 4.79 Å². The Morgan fingerprint density at radius 3 is 2.53 bits per heavy atom. The molecule has 0 spiro atoms. The van der Waals surface area contributed by atoms with Gasteiger partial charge in [0.25, 0.3) is 0 Å². The minimum atomic E-state index is -0.775. The molecule has 0 saturated heterocycles. The van der Waals surface area contributed by atoms with Crippen LogP contribution in [0.5, 0.6) is 0 Å². The molecule has 2 unspecified atom stereocenters. The van der Waals surface area contributed by atoms with Crippen molar-refractivity contribution in [2.45, 2.75) is 47.1 Å². The Morgan fingerprint density at radius 1 is 1.58 bits per heavy atom. The molecule has 3 N–H and O–H groups in total. The van der Waals surface area contributed by atoms with Gasteiger partial charge in [-0.05, 0) is 45.7 Å². The van der Waals surface area contributed by atoms with Gasteiger partial charge < -0.3 is 11.1 Å². The van der Waals surface area contributed by atoms with Gasteiger partial charge >= 0.3 is 0 Å². The maximum Gasteiger partial charge on any atom is 0.233 e. The number of nitrogens with two attached hydrogens (primary N) is 1. The van der Waals surface area contributed by atoms with Crippen LogP contribution in [0.2, 0.25) is 0 Å². The van der Waals surface area contributed by atoms with Gasteiger partial charge in [-0.1, -0.05) is 19.1 Å². The number of carbonyl (C=O) groups is 1. The highest BCUT2D eigenvalue weighted by molar-refractivity contribution is 7.80. The molecule has 106 valence electrons. The van der Waals surface area contributed by atoms with Gasteiger partial charge in [0, 0.05) is 9.75 Å². The molecule has 0 fully saturated rings. The highest BCUT2D eigenvalue weighted by atomic mass is 32.1. The van der Waals surface area contributed by atoms with E-state index in [0.29, 0.717) is 6.42 Å². The SMILES string of the molecule is CCC(C)(C(=O)NC(C)c1cc(C)sc1C)C(N)=S. The standard InChI is InChI=1S/C14H22N2OS2/c1-6-14(5,12(15)18)13(17)16-9(3)11-7-8(2)19-10(11)4/h7,9H,6H2,1-5H3,(H2,15,18)(H,16,17). The quantitative estimate of drug-likeness (QED) is 0.821. The second kappa shape index (κ2) is 6.01. The number of rotatable bonds is 5. The maximum atomic E-state index is 12.4. The van der Waals surface area contributed by atoms with Crippen LogP contribution >= 0.6 is 23.6 Å². The highest BCUT2D eigenvalue weighted by Gasteiger charge is 2.35. The van der Waals surface area contributed by atoms with Crippen LogP contribution in [0.4, 0.5) is 0 Å². The summed E-state index contributed by atoms with van der Waals surface area (Å²) in [5.74, 6) is -0.0988. The zero-order valence-corrected chi connectivity index (χ0v) is 13.8. The van der Waals surface area contributed by atoms with Crippen molar-refractivity contribution in [2.75, 3.05) is 0 Å². The first-order valence-electron chi connectivity index (χ1n) is 6.40. The third kappa shape index (κ3) is 3.34. The van der Waals surface area contributed by atoms with Gasteiger partial charge in [0.1, 0.15) is 0 Å². The van der Waals surface area contributed by atoms with Crippen molar-refractivity contribution >= 4 is 34.5 Å². The van der Waals surface area contributed by atoms with Crippen LogP contribution < -0.4 is 11.1 Å². The Morgan fingerprint density at radius 2 is 2.16 bits per heavy atom. The number of thiophene rings is 1. The van der Waals surface area contributed by atoms with E-state index in [1.54, 1.807) is 18.3 Å². The minimum Gasteiger partial charge on any atom is -0.392 e. The molecule has 0 bridgehead atoms. The molecule has 1 heterocycles. The summed E-state index contributed by atoms with van der Waals surface area (Å²) in [5.41, 5.74) is 6.09. The zero-order chi connectivity index (χ0) is 14.8. The fraction of sp³-hybridized carbons (Fsp3) is 0.571. The van der Waals surface area contributed by atoms with E-state index in [0.717, 1.165) is 5.56 Å². The maximum absolute atomic E-state index is 12.4. The molecule has 1 rings (SSSR count). The van der Waals surface area contributed by atoms with Gasteiger partial charge in [-0.25, -0.2) is 0 Å². The first-order chi connectivity index (χ1) is 8.72. The molecule has 1 aromatic rings. The smallest absolute Gasteiger partial charge is 0.233 e. The second-order valence-electron chi connectivity index (χ2n) is 5.11. The first kappa shape index (κ1) is 16.1. The number of hydrogen-bond donors (Lipinski definition) is 2. The summed E-state index contributed by atoms with van der Waals surface area (Å²) in [6.07, 6.45) is 0.600. The minimum absolute atomic E-state index is 0.0299. The molecule has 1 aromatic heterocycles. The second-order valence-corrected chi connectivity index (χ2v) is 7.01. The number of amides is 1. The highest BCUT2D eigenvalue weighted by Crippen LogP contribution is 2.28. The summed E-state index contributed by atoms with van der Waals surface area (Å²) in [7, 11) is 0. The predicted molar refractivity (Wildman–Crippen MR) is 85.5 cm³/mol. The molecule has 5 heteroatoms. The van der Waals surface area contributed by atoms with Crippen molar-refractivity contribution in [3.8, 4) is 0 Å². The molecule has 0 saturated carbocycles. The monoisotopic (exact) mass is 298 g/mol. The van der Waals surface area contributed by atoms with Gasteiger partial charge in [-0.3, -0.25) is 4.79 Å². The molecular weight excluding hydrogens is 276 g/mol. The van der Waals surface area contributed by atoms with Crippen LogP contribution in [0.3, 0.4) is 0 Å². The van der Waals surface area contributed by atoms with Crippen LogP contribution in [0.25, 0.3) is 0 Å². The summed E-state index contributed by atoms with van der Waals surface area (Å²) >= 11 is 6.77. The molecule has 0 aromatic carbocycles.